The molecule has 26 heavy (non-hydrogen) atoms. The lowest BCUT2D eigenvalue weighted by atomic mass is 10.1. The Balaban J connectivity index is 1.72. The number of carbonyl (C=O) groups excluding carboxylic acids is 1. The monoisotopic (exact) mass is 392 g/mol. The van der Waals surface area contributed by atoms with Crippen LogP contribution in [0.1, 0.15) is 37.0 Å². The molecule has 1 unspecified atom stereocenters. The number of halogens is 1. The third kappa shape index (κ3) is 5.08. The summed E-state index contributed by atoms with van der Waals surface area (Å²) in [6.07, 6.45) is 2.04. The number of carbonyl (C=O) groups is 1. The number of esters is 1. The van der Waals surface area contributed by atoms with E-state index in [0.717, 1.165) is 39.8 Å². The maximum Gasteiger partial charge on any atom is 0.305 e. The van der Waals surface area contributed by atoms with Gasteiger partial charge >= 0.3 is 5.97 Å². The van der Waals surface area contributed by atoms with Crippen LogP contribution in [0.15, 0.2) is 47.4 Å². The molecule has 0 radical (unpaired) electrons. The van der Waals surface area contributed by atoms with Gasteiger partial charge in [0.2, 0.25) is 6.79 Å². The Morgan fingerprint density at radius 3 is 2.73 bits per heavy atom. The molecule has 0 N–H and O–H groups in total. The number of ether oxygens (including phenoxy) is 3. The van der Waals surface area contributed by atoms with Crippen molar-refractivity contribution in [3.05, 3.63) is 53.1 Å². The van der Waals surface area contributed by atoms with Crippen molar-refractivity contribution < 1.29 is 19.0 Å². The molecule has 1 heterocycles. The van der Waals surface area contributed by atoms with Crippen LogP contribution in [0.2, 0.25) is 5.02 Å². The van der Waals surface area contributed by atoms with Crippen molar-refractivity contribution in [1.29, 1.82) is 0 Å². The van der Waals surface area contributed by atoms with Gasteiger partial charge in [-0.15, -0.1) is 11.8 Å². The lowest BCUT2D eigenvalue weighted by molar-refractivity contribution is -0.143. The summed E-state index contributed by atoms with van der Waals surface area (Å²) in [5, 5.41) is 0.913. The van der Waals surface area contributed by atoms with Gasteiger partial charge in [-0.25, -0.2) is 0 Å². The highest BCUT2D eigenvalue weighted by molar-refractivity contribution is 7.99. The minimum Gasteiger partial charge on any atom is -0.466 e. The molecule has 4 nitrogen and oxygen atoms in total. The number of fused-ring (bicyclic) bond motifs is 1. The second-order valence-corrected chi connectivity index (χ2v) is 7.58. The molecule has 138 valence electrons. The molecule has 6 heteroatoms. The van der Waals surface area contributed by atoms with Crippen LogP contribution in [0.25, 0.3) is 0 Å². The summed E-state index contributed by atoms with van der Waals surface area (Å²) >= 11 is 7.74. The van der Waals surface area contributed by atoms with E-state index in [9.17, 15) is 4.79 Å². The summed E-state index contributed by atoms with van der Waals surface area (Å²) in [4.78, 5) is 12.8. The van der Waals surface area contributed by atoms with Crippen molar-refractivity contribution in [3.8, 4) is 11.5 Å². The molecule has 0 amide bonds. The minimum atomic E-state index is -0.145. The van der Waals surface area contributed by atoms with Gasteiger partial charge in [0, 0.05) is 21.6 Å². The lowest BCUT2D eigenvalue weighted by Crippen LogP contribution is -2.04. The predicted octanol–water partition coefficient (Wildman–Crippen LogP) is 5.64. The van der Waals surface area contributed by atoms with Crippen LogP contribution in [0.3, 0.4) is 0 Å². The fraction of sp³-hybridized carbons (Fsp3) is 0.350. The zero-order valence-electron chi connectivity index (χ0n) is 14.6. The fourth-order valence-corrected chi connectivity index (χ4v) is 4.06. The standard InChI is InChI=1S/C20H21ClO4S/c1-2-23-20(22)5-3-4-19(26-16-9-7-15(21)8-10-16)14-6-11-17-18(12-14)25-13-24-17/h6-12,19H,2-5,13H2,1H3. The van der Waals surface area contributed by atoms with Crippen molar-refractivity contribution in [2.24, 2.45) is 0 Å². The first-order valence-electron chi connectivity index (χ1n) is 8.63. The first kappa shape index (κ1) is 18.9. The molecule has 0 saturated heterocycles. The molecular formula is C20H21ClO4S. The van der Waals surface area contributed by atoms with Crippen molar-refractivity contribution in [2.45, 2.75) is 36.3 Å². The van der Waals surface area contributed by atoms with Gasteiger partial charge in [-0.1, -0.05) is 17.7 Å². The highest BCUT2D eigenvalue weighted by Crippen LogP contribution is 2.43. The predicted molar refractivity (Wildman–Crippen MR) is 103 cm³/mol. The zero-order chi connectivity index (χ0) is 18.4. The van der Waals surface area contributed by atoms with Crippen molar-refractivity contribution >= 4 is 29.3 Å². The summed E-state index contributed by atoms with van der Waals surface area (Å²) in [5.41, 5.74) is 1.15. The van der Waals surface area contributed by atoms with E-state index in [2.05, 4.69) is 6.07 Å². The Kier molecular flexibility index (Phi) is 6.69. The molecular weight excluding hydrogens is 372 g/mol. The van der Waals surface area contributed by atoms with Crippen LogP contribution in [0.5, 0.6) is 11.5 Å². The van der Waals surface area contributed by atoms with E-state index in [4.69, 9.17) is 25.8 Å². The van der Waals surface area contributed by atoms with Gasteiger partial charge in [0.15, 0.2) is 11.5 Å². The van der Waals surface area contributed by atoms with Gasteiger partial charge in [0.25, 0.3) is 0 Å². The second-order valence-electron chi connectivity index (χ2n) is 5.87. The molecule has 0 spiro atoms. The van der Waals surface area contributed by atoms with Crippen LogP contribution in [0.4, 0.5) is 0 Å². The zero-order valence-corrected chi connectivity index (χ0v) is 16.1. The third-order valence-electron chi connectivity index (χ3n) is 4.01. The first-order chi connectivity index (χ1) is 12.7. The Morgan fingerprint density at radius 2 is 1.96 bits per heavy atom. The van der Waals surface area contributed by atoms with E-state index in [0.29, 0.717) is 13.0 Å². The number of benzene rings is 2. The van der Waals surface area contributed by atoms with Gasteiger partial charge in [-0.2, -0.15) is 0 Å². The summed E-state index contributed by atoms with van der Waals surface area (Å²) in [6, 6.07) is 13.8. The normalized spacial score (nSPS) is 13.5. The van der Waals surface area contributed by atoms with Gasteiger partial charge < -0.3 is 14.2 Å². The molecule has 1 aliphatic heterocycles. The van der Waals surface area contributed by atoms with E-state index >= 15 is 0 Å². The molecule has 0 fully saturated rings. The lowest BCUT2D eigenvalue weighted by Gasteiger charge is -2.17. The Morgan fingerprint density at radius 1 is 1.19 bits per heavy atom. The number of rotatable bonds is 8. The summed E-state index contributed by atoms with van der Waals surface area (Å²) in [5.74, 6) is 1.40. The van der Waals surface area contributed by atoms with E-state index in [-0.39, 0.29) is 18.0 Å². The van der Waals surface area contributed by atoms with Crippen LogP contribution >= 0.6 is 23.4 Å². The molecule has 1 atom stereocenters. The fourth-order valence-electron chi connectivity index (χ4n) is 2.75. The van der Waals surface area contributed by atoms with Crippen LogP contribution in [-0.4, -0.2) is 19.4 Å². The highest BCUT2D eigenvalue weighted by atomic mass is 35.5. The van der Waals surface area contributed by atoms with Crippen LogP contribution < -0.4 is 9.47 Å². The largest absolute Gasteiger partial charge is 0.466 e. The van der Waals surface area contributed by atoms with Gasteiger partial charge in [-0.3, -0.25) is 4.79 Å². The van der Waals surface area contributed by atoms with E-state index in [1.165, 1.54) is 0 Å². The Labute approximate surface area is 162 Å². The van der Waals surface area contributed by atoms with Crippen molar-refractivity contribution in [1.82, 2.24) is 0 Å². The average molecular weight is 393 g/mol. The van der Waals surface area contributed by atoms with E-state index in [1.54, 1.807) is 11.8 Å². The van der Waals surface area contributed by atoms with Crippen LogP contribution in [-0.2, 0) is 9.53 Å². The molecule has 1 aliphatic rings. The molecule has 2 aromatic carbocycles. The van der Waals surface area contributed by atoms with Crippen molar-refractivity contribution in [2.75, 3.05) is 13.4 Å². The third-order valence-corrected chi connectivity index (χ3v) is 5.60. The molecule has 0 aliphatic carbocycles. The quantitative estimate of drug-likeness (QED) is 0.430. The maximum atomic E-state index is 11.6. The van der Waals surface area contributed by atoms with Crippen molar-refractivity contribution in [3.63, 3.8) is 0 Å². The molecule has 3 rings (SSSR count). The number of hydrogen-bond donors (Lipinski definition) is 0. The molecule has 0 aromatic heterocycles. The SMILES string of the molecule is CCOC(=O)CCCC(Sc1ccc(Cl)cc1)c1ccc2c(c1)OCO2. The van der Waals surface area contributed by atoms with Gasteiger partial charge in [0.1, 0.15) is 0 Å². The average Bonchev–Trinajstić information content (AvgIpc) is 3.10. The summed E-state index contributed by atoms with van der Waals surface area (Å²) < 4.78 is 15.9. The molecule has 2 aromatic rings. The minimum absolute atomic E-state index is 0.145. The molecule has 0 bridgehead atoms. The number of thioether (sulfide) groups is 1. The molecule has 0 saturated carbocycles. The summed E-state index contributed by atoms with van der Waals surface area (Å²) in [6.45, 7) is 2.50. The second kappa shape index (κ2) is 9.19. The van der Waals surface area contributed by atoms with Gasteiger partial charge in [0.05, 0.1) is 6.61 Å². The smallest absolute Gasteiger partial charge is 0.305 e. The number of hydrogen-bond acceptors (Lipinski definition) is 5. The van der Waals surface area contributed by atoms with Gasteiger partial charge in [-0.05, 0) is 61.7 Å². The van der Waals surface area contributed by atoms with E-state index < -0.39 is 0 Å². The summed E-state index contributed by atoms with van der Waals surface area (Å²) in [7, 11) is 0. The Bertz CT molecular complexity index is 748. The topological polar surface area (TPSA) is 44.8 Å². The van der Waals surface area contributed by atoms with E-state index in [1.807, 2.05) is 43.3 Å². The Hall–Kier alpha value is -1.85. The first-order valence-corrected chi connectivity index (χ1v) is 9.89. The van der Waals surface area contributed by atoms with Crippen LogP contribution in [0, 0.1) is 0 Å². The maximum absolute atomic E-state index is 11.6. The highest BCUT2D eigenvalue weighted by Gasteiger charge is 2.19.